The zero-order valence-electron chi connectivity index (χ0n) is 9.79. The van der Waals surface area contributed by atoms with Crippen LogP contribution in [-0.2, 0) is 10.0 Å². The lowest BCUT2D eigenvalue weighted by Gasteiger charge is -2.15. The number of nitrogens with one attached hydrogen (secondary N) is 1. The lowest BCUT2D eigenvalue weighted by molar-refractivity contribution is 0.502. The monoisotopic (exact) mass is 341 g/mol. The largest absolute Gasteiger partial charge is 0.240 e. The highest BCUT2D eigenvalue weighted by Crippen LogP contribution is 2.15. The van der Waals surface area contributed by atoms with Gasteiger partial charge in [0.2, 0.25) is 10.0 Å². The summed E-state index contributed by atoms with van der Waals surface area (Å²) < 4.78 is 52.1. The van der Waals surface area contributed by atoms with E-state index in [9.17, 15) is 17.2 Å². The van der Waals surface area contributed by atoms with Gasteiger partial charge in [0.1, 0.15) is 0 Å². The summed E-state index contributed by atoms with van der Waals surface area (Å²) in [4.78, 5) is -0.269. The van der Waals surface area contributed by atoms with Crippen molar-refractivity contribution in [2.45, 2.75) is 30.7 Å². The molecule has 0 radical (unpaired) electrons. The first-order valence-corrected chi connectivity index (χ1v) is 8.04. The Morgan fingerprint density at radius 3 is 2.50 bits per heavy atom. The number of sulfonamides is 1. The van der Waals surface area contributed by atoms with Crippen molar-refractivity contribution in [2.24, 2.45) is 0 Å². The van der Waals surface area contributed by atoms with Crippen LogP contribution < -0.4 is 4.72 Å². The SMILES string of the molecule is CCC(CCBr)NS(=O)(=O)c1ccc(F)c(F)c1. The Balaban J connectivity index is 2.95. The van der Waals surface area contributed by atoms with E-state index in [2.05, 4.69) is 20.7 Å². The van der Waals surface area contributed by atoms with Gasteiger partial charge in [0.25, 0.3) is 0 Å². The summed E-state index contributed by atoms with van der Waals surface area (Å²) in [7, 11) is -3.81. The Kier molecular flexibility index (Phi) is 5.68. The fourth-order valence-corrected chi connectivity index (χ4v) is 3.33. The van der Waals surface area contributed by atoms with Crippen LogP contribution in [0.5, 0.6) is 0 Å². The molecule has 0 aliphatic heterocycles. The van der Waals surface area contributed by atoms with Crippen molar-refractivity contribution in [1.82, 2.24) is 4.72 Å². The molecule has 0 aromatic heterocycles. The lowest BCUT2D eigenvalue weighted by Crippen LogP contribution is -2.34. The van der Waals surface area contributed by atoms with Crippen molar-refractivity contribution in [3.05, 3.63) is 29.8 Å². The van der Waals surface area contributed by atoms with Crippen molar-refractivity contribution in [1.29, 1.82) is 0 Å². The predicted octanol–water partition coefficient (Wildman–Crippen LogP) is 2.81. The average Bonchev–Trinajstić information content (AvgIpc) is 2.31. The summed E-state index contributed by atoms with van der Waals surface area (Å²) in [6.45, 7) is 1.85. The van der Waals surface area contributed by atoms with Gasteiger partial charge < -0.3 is 0 Å². The topological polar surface area (TPSA) is 46.2 Å². The molecule has 7 heteroatoms. The molecule has 1 N–H and O–H groups in total. The van der Waals surface area contributed by atoms with E-state index >= 15 is 0 Å². The standard InChI is InChI=1S/C11H14BrF2NO2S/c1-2-8(5-6-12)15-18(16,17)9-3-4-10(13)11(14)7-9/h3-4,7-8,15H,2,5-6H2,1H3. The zero-order chi connectivity index (χ0) is 13.8. The van der Waals surface area contributed by atoms with Crippen LogP contribution in [0.3, 0.4) is 0 Å². The summed E-state index contributed by atoms with van der Waals surface area (Å²) >= 11 is 3.23. The minimum atomic E-state index is -3.81. The molecular formula is C11H14BrF2NO2S. The Morgan fingerprint density at radius 1 is 1.33 bits per heavy atom. The summed E-state index contributed by atoms with van der Waals surface area (Å²) in [5, 5.41) is 0.659. The number of hydrogen-bond donors (Lipinski definition) is 1. The van der Waals surface area contributed by atoms with Crippen LogP contribution in [0.4, 0.5) is 8.78 Å². The van der Waals surface area contributed by atoms with E-state index in [4.69, 9.17) is 0 Å². The van der Waals surface area contributed by atoms with Crippen molar-refractivity contribution in [3.63, 3.8) is 0 Å². The maximum atomic E-state index is 13.0. The highest BCUT2D eigenvalue weighted by atomic mass is 79.9. The summed E-state index contributed by atoms with van der Waals surface area (Å²) in [5.74, 6) is -2.24. The van der Waals surface area contributed by atoms with Crippen LogP contribution in [-0.4, -0.2) is 19.8 Å². The average molecular weight is 342 g/mol. The van der Waals surface area contributed by atoms with E-state index in [0.29, 0.717) is 24.2 Å². The van der Waals surface area contributed by atoms with E-state index in [1.807, 2.05) is 6.92 Å². The van der Waals surface area contributed by atoms with Gasteiger partial charge in [0.05, 0.1) is 4.90 Å². The quantitative estimate of drug-likeness (QED) is 0.808. The molecule has 0 heterocycles. The third-order valence-electron chi connectivity index (χ3n) is 2.47. The van der Waals surface area contributed by atoms with Crippen LogP contribution in [0.1, 0.15) is 19.8 Å². The molecule has 0 bridgehead atoms. The Bertz CT molecular complexity index is 508. The van der Waals surface area contributed by atoms with Gasteiger partial charge in [-0.05, 0) is 31.0 Å². The van der Waals surface area contributed by atoms with Gasteiger partial charge in [-0.25, -0.2) is 21.9 Å². The minimum absolute atomic E-state index is 0.234. The third kappa shape index (κ3) is 4.00. The number of alkyl halides is 1. The van der Waals surface area contributed by atoms with Crippen LogP contribution in [0.2, 0.25) is 0 Å². The normalized spacial score (nSPS) is 13.6. The van der Waals surface area contributed by atoms with Crippen molar-refractivity contribution in [2.75, 3.05) is 5.33 Å². The second-order valence-corrected chi connectivity index (χ2v) is 6.29. The van der Waals surface area contributed by atoms with Gasteiger partial charge in [0.15, 0.2) is 11.6 Å². The van der Waals surface area contributed by atoms with E-state index in [0.717, 1.165) is 12.1 Å². The molecule has 0 amide bonds. The number of rotatable bonds is 6. The highest BCUT2D eigenvalue weighted by Gasteiger charge is 2.20. The van der Waals surface area contributed by atoms with Crippen molar-refractivity contribution < 1.29 is 17.2 Å². The number of halogens is 3. The third-order valence-corrected chi connectivity index (χ3v) is 4.45. The van der Waals surface area contributed by atoms with Crippen LogP contribution >= 0.6 is 15.9 Å². The summed E-state index contributed by atoms with van der Waals surface area (Å²) in [6, 6.07) is 2.29. The molecule has 102 valence electrons. The summed E-state index contributed by atoms with van der Waals surface area (Å²) in [6.07, 6.45) is 1.24. The predicted molar refractivity (Wildman–Crippen MR) is 69.2 cm³/mol. The molecule has 0 saturated heterocycles. The first-order valence-electron chi connectivity index (χ1n) is 5.44. The van der Waals surface area contributed by atoms with E-state index in [1.165, 1.54) is 0 Å². The first-order chi connectivity index (χ1) is 8.40. The van der Waals surface area contributed by atoms with Gasteiger partial charge in [-0.3, -0.25) is 0 Å². The van der Waals surface area contributed by atoms with E-state index in [-0.39, 0.29) is 10.9 Å². The van der Waals surface area contributed by atoms with E-state index in [1.54, 1.807) is 0 Å². The molecular weight excluding hydrogens is 328 g/mol. The maximum Gasteiger partial charge on any atom is 0.240 e. The minimum Gasteiger partial charge on any atom is -0.208 e. The number of benzene rings is 1. The molecule has 1 aromatic carbocycles. The van der Waals surface area contributed by atoms with Crippen molar-refractivity contribution >= 4 is 26.0 Å². The molecule has 1 aromatic rings. The maximum absolute atomic E-state index is 13.0. The molecule has 1 atom stereocenters. The van der Waals surface area contributed by atoms with Crippen LogP contribution in [0, 0.1) is 11.6 Å². The highest BCUT2D eigenvalue weighted by molar-refractivity contribution is 9.09. The van der Waals surface area contributed by atoms with E-state index < -0.39 is 21.7 Å². The summed E-state index contributed by atoms with van der Waals surface area (Å²) in [5.41, 5.74) is 0. The second kappa shape index (κ2) is 6.58. The fourth-order valence-electron chi connectivity index (χ4n) is 1.41. The molecule has 0 aliphatic carbocycles. The molecule has 1 unspecified atom stereocenters. The van der Waals surface area contributed by atoms with Gasteiger partial charge in [-0.1, -0.05) is 22.9 Å². The molecule has 3 nitrogen and oxygen atoms in total. The Hall–Kier alpha value is -0.530. The molecule has 1 rings (SSSR count). The van der Waals surface area contributed by atoms with Gasteiger partial charge in [-0.2, -0.15) is 0 Å². The van der Waals surface area contributed by atoms with Crippen LogP contribution in [0.25, 0.3) is 0 Å². The molecule has 0 fully saturated rings. The lowest BCUT2D eigenvalue weighted by atomic mass is 10.2. The van der Waals surface area contributed by atoms with Crippen molar-refractivity contribution in [3.8, 4) is 0 Å². The van der Waals surface area contributed by atoms with Gasteiger partial charge >= 0.3 is 0 Å². The molecule has 0 aliphatic rings. The molecule has 0 saturated carbocycles. The Morgan fingerprint density at radius 2 is 2.00 bits per heavy atom. The Labute approximate surface area is 114 Å². The second-order valence-electron chi connectivity index (χ2n) is 3.78. The van der Waals surface area contributed by atoms with Gasteiger partial charge in [-0.15, -0.1) is 0 Å². The smallest absolute Gasteiger partial charge is 0.208 e. The first kappa shape index (κ1) is 15.5. The fraction of sp³-hybridized carbons (Fsp3) is 0.455. The molecule has 0 spiro atoms. The van der Waals surface area contributed by atoms with Gasteiger partial charge in [0, 0.05) is 11.4 Å². The van der Waals surface area contributed by atoms with Crippen LogP contribution in [0.15, 0.2) is 23.1 Å². The number of hydrogen-bond acceptors (Lipinski definition) is 2. The molecule has 18 heavy (non-hydrogen) atoms. The zero-order valence-corrected chi connectivity index (χ0v) is 12.2.